The van der Waals surface area contributed by atoms with E-state index in [4.69, 9.17) is 4.74 Å². The first-order valence-corrected chi connectivity index (χ1v) is 9.78. The molecule has 1 saturated carbocycles. The number of rotatable bonds is 4. The molecule has 1 spiro atoms. The number of amides is 2. The average Bonchev–Trinajstić information content (AvgIpc) is 3.49. The first kappa shape index (κ1) is 17.3. The van der Waals surface area contributed by atoms with E-state index in [0.717, 1.165) is 51.7 Å². The molecule has 0 radical (unpaired) electrons. The fourth-order valence-electron chi connectivity index (χ4n) is 4.45. The monoisotopic (exact) mass is 357 g/mol. The Kier molecular flexibility index (Phi) is 4.59. The molecule has 26 heavy (non-hydrogen) atoms. The molecule has 3 aliphatic rings. The molecular formula is C20H27N3O3. The van der Waals surface area contributed by atoms with Gasteiger partial charge < -0.3 is 14.5 Å². The highest BCUT2D eigenvalue weighted by Crippen LogP contribution is 2.42. The molecule has 6 nitrogen and oxygen atoms in total. The zero-order chi connectivity index (χ0) is 18.1. The number of likely N-dealkylation sites (tertiary alicyclic amines) is 2. The van der Waals surface area contributed by atoms with Crippen molar-refractivity contribution in [2.45, 2.75) is 51.5 Å². The van der Waals surface area contributed by atoms with E-state index in [1.165, 1.54) is 0 Å². The molecule has 0 N–H and O–H groups in total. The Bertz CT molecular complexity index is 703. The maximum Gasteiger partial charge on any atom is 0.259 e. The molecule has 140 valence electrons. The number of carbonyl (C=O) groups excluding carboxylic acids is 2. The van der Waals surface area contributed by atoms with Gasteiger partial charge in [0.2, 0.25) is 11.8 Å². The lowest BCUT2D eigenvalue weighted by atomic mass is 9.73. The molecular weight excluding hydrogens is 330 g/mol. The number of piperidine rings is 2. The zero-order valence-electron chi connectivity index (χ0n) is 15.4. The van der Waals surface area contributed by atoms with Crippen LogP contribution in [0.5, 0.6) is 5.88 Å². The van der Waals surface area contributed by atoms with Crippen molar-refractivity contribution in [3.05, 3.63) is 23.9 Å². The van der Waals surface area contributed by atoms with Crippen LogP contribution in [0.2, 0.25) is 0 Å². The quantitative estimate of drug-likeness (QED) is 0.831. The van der Waals surface area contributed by atoms with Crippen LogP contribution < -0.4 is 4.74 Å². The molecule has 1 aromatic rings. The molecule has 3 fully saturated rings. The number of ether oxygens (including phenoxy) is 1. The third kappa shape index (κ3) is 3.29. The van der Waals surface area contributed by atoms with Gasteiger partial charge in [-0.05, 0) is 51.2 Å². The normalized spacial score (nSPS) is 26.3. The average molecular weight is 357 g/mol. The Balaban J connectivity index is 1.51. The molecule has 1 atom stereocenters. The predicted molar refractivity (Wildman–Crippen MR) is 96.9 cm³/mol. The summed E-state index contributed by atoms with van der Waals surface area (Å²) in [5, 5.41) is 0. The van der Waals surface area contributed by atoms with Crippen molar-refractivity contribution in [3.63, 3.8) is 0 Å². The molecule has 0 unspecified atom stereocenters. The summed E-state index contributed by atoms with van der Waals surface area (Å²) in [6.45, 7) is 4.68. The molecule has 1 aromatic heterocycles. The Hall–Kier alpha value is -2.11. The van der Waals surface area contributed by atoms with Gasteiger partial charge in [-0.2, -0.15) is 0 Å². The van der Waals surface area contributed by atoms with Gasteiger partial charge in [0.25, 0.3) is 5.91 Å². The van der Waals surface area contributed by atoms with E-state index in [0.29, 0.717) is 36.4 Å². The molecule has 6 heteroatoms. The smallest absolute Gasteiger partial charge is 0.259 e. The van der Waals surface area contributed by atoms with Crippen molar-refractivity contribution < 1.29 is 14.3 Å². The predicted octanol–water partition coefficient (Wildman–Crippen LogP) is 2.49. The van der Waals surface area contributed by atoms with Crippen LogP contribution in [0.25, 0.3) is 0 Å². The van der Waals surface area contributed by atoms with Gasteiger partial charge in [-0.15, -0.1) is 0 Å². The minimum atomic E-state index is -0.00417. The van der Waals surface area contributed by atoms with Crippen molar-refractivity contribution in [2.24, 2.45) is 5.41 Å². The van der Waals surface area contributed by atoms with Crippen LogP contribution in [-0.4, -0.2) is 58.9 Å². The van der Waals surface area contributed by atoms with E-state index in [-0.39, 0.29) is 11.3 Å². The Morgan fingerprint density at radius 1 is 1.35 bits per heavy atom. The second kappa shape index (κ2) is 6.89. The van der Waals surface area contributed by atoms with Crippen LogP contribution >= 0.6 is 0 Å². The lowest BCUT2D eigenvalue weighted by molar-refractivity contribution is -0.139. The van der Waals surface area contributed by atoms with E-state index < -0.39 is 0 Å². The van der Waals surface area contributed by atoms with Crippen molar-refractivity contribution in [2.75, 3.05) is 26.2 Å². The summed E-state index contributed by atoms with van der Waals surface area (Å²) in [4.78, 5) is 33.7. The topological polar surface area (TPSA) is 62.7 Å². The summed E-state index contributed by atoms with van der Waals surface area (Å²) >= 11 is 0. The minimum absolute atomic E-state index is 0.00417. The number of aromatic nitrogens is 1. The summed E-state index contributed by atoms with van der Waals surface area (Å²) in [6.07, 6.45) is 7.52. The van der Waals surface area contributed by atoms with Gasteiger partial charge >= 0.3 is 0 Å². The lowest BCUT2D eigenvalue weighted by Crippen LogP contribution is -2.55. The number of nitrogens with zero attached hydrogens (tertiary/aromatic N) is 3. The minimum Gasteiger partial charge on any atom is -0.477 e. The van der Waals surface area contributed by atoms with Gasteiger partial charge in [0.15, 0.2) is 0 Å². The Morgan fingerprint density at radius 3 is 2.96 bits per heavy atom. The summed E-state index contributed by atoms with van der Waals surface area (Å²) in [6, 6.07) is 4.03. The van der Waals surface area contributed by atoms with Crippen molar-refractivity contribution in [3.8, 4) is 5.88 Å². The fourth-order valence-corrected chi connectivity index (χ4v) is 4.45. The van der Waals surface area contributed by atoms with E-state index in [1.54, 1.807) is 18.3 Å². The molecule has 3 heterocycles. The highest BCUT2D eigenvalue weighted by Gasteiger charge is 2.46. The number of carbonyl (C=O) groups is 2. The summed E-state index contributed by atoms with van der Waals surface area (Å²) in [5.74, 6) is 0.709. The van der Waals surface area contributed by atoms with Crippen molar-refractivity contribution in [1.82, 2.24) is 14.8 Å². The summed E-state index contributed by atoms with van der Waals surface area (Å²) < 4.78 is 5.55. The van der Waals surface area contributed by atoms with Crippen LogP contribution in [-0.2, 0) is 4.79 Å². The van der Waals surface area contributed by atoms with Gasteiger partial charge in [-0.3, -0.25) is 9.59 Å². The van der Waals surface area contributed by atoms with Crippen LogP contribution in [0.15, 0.2) is 18.3 Å². The number of pyridine rings is 1. The van der Waals surface area contributed by atoms with Gasteiger partial charge in [-0.25, -0.2) is 4.98 Å². The third-order valence-electron chi connectivity index (χ3n) is 5.91. The third-order valence-corrected chi connectivity index (χ3v) is 5.91. The SMILES string of the molecule is CCOc1ncccc1C(=O)N1CCC[C@]2(CCC(=O)N(C3CC3)C2)C1. The highest BCUT2D eigenvalue weighted by atomic mass is 16.5. The molecule has 0 bridgehead atoms. The first-order valence-electron chi connectivity index (χ1n) is 9.78. The van der Waals surface area contributed by atoms with Gasteiger partial charge in [-0.1, -0.05) is 0 Å². The van der Waals surface area contributed by atoms with Gasteiger partial charge in [0.1, 0.15) is 5.56 Å². The summed E-state index contributed by atoms with van der Waals surface area (Å²) in [7, 11) is 0. The van der Waals surface area contributed by atoms with E-state index in [1.807, 2.05) is 11.8 Å². The maximum absolute atomic E-state index is 13.1. The summed E-state index contributed by atoms with van der Waals surface area (Å²) in [5.41, 5.74) is 0.593. The van der Waals surface area contributed by atoms with Crippen LogP contribution in [0, 0.1) is 5.41 Å². The van der Waals surface area contributed by atoms with E-state index in [2.05, 4.69) is 9.88 Å². The van der Waals surface area contributed by atoms with E-state index in [9.17, 15) is 9.59 Å². The van der Waals surface area contributed by atoms with Crippen LogP contribution in [0.4, 0.5) is 0 Å². The molecule has 2 aliphatic heterocycles. The van der Waals surface area contributed by atoms with Crippen molar-refractivity contribution in [1.29, 1.82) is 0 Å². The van der Waals surface area contributed by atoms with Crippen LogP contribution in [0.1, 0.15) is 55.8 Å². The molecule has 0 aromatic carbocycles. The van der Waals surface area contributed by atoms with Gasteiger partial charge in [0.05, 0.1) is 6.61 Å². The second-order valence-electron chi connectivity index (χ2n) is 7.87. The maximum atomic E-state index is 13.1. The molecule has 4 rings (SSSR count). The van der Waals surface area contributed by atoms with E-state index >= 15 is 0 Å². The molecule has 2 amide bonds. The van der Waals surface area contributed by atoms with Crippen molar-refractivity contribution >= 4 is 11.8 Å². The second-order valence-corrected chi connectivity index (χ2v) is 7.87. The Labute approximate surface area is 154 Å². The number of hydrogen-bond donors (Lipinski definition) is 0. The molecule has 1 aliphatic carbocycles. The standard InChI is InChI=1S/C20H27N3O3/c1-2-26-18-16(5-3-11-21-18)19(25)22-12-4-9-20(13-22)10-8-17(24)23(14-20)15-6-7-15/h3,5,11,15H,2,4,6-10,12-14H2,1H3/t20-/m0/s1. The molecule has 2 saturated heterocycles. The zero-order valence-corrected chi connectivity index (χ0v) is 15.4. The first-order chi connectivity index (χ1) is 12.6. The van der Waals surface area contributed by atoms with Crippen LogP contribution in [0.3, 0.4) is 0 Å². The highest BCUT2D eigenvalue weighted by molar-refractivity contribution is 5.96. The van der Waals surface area contributed by atoms with Gasteiger partial charge in [0, 0.05) is 43.7 Å². The lowest BCUT2D eigenvalue weighted by Gasteiger charge is -2.48. The Morgan fingerprint density at radius 2 is 2.19 bits per heavy atom. The number of hydrogen-bond acceptors (Lipinski definition) is 4. The fraction of sp³-hybridized carbons (Fsp3) is 0.650. The largest absolute Gasteiger partial charge is 0.477 e.